The second-order valence-corrected chi connectivity index (χ2v) is 8.89. The largest absolute Gasteiger partial charge is 0.352 e. The van der Waals surface area contributed by atoms with Crippen molar-refractivity contribution < 1.29 is 9.59 Å². The highest BCUT2D eigenvalue weighted by Gasteiger charge is 2.34. The van der Waals surface area contributed by atoms with Crippen molar-refractivity contribution in [3.63, 3.8) is 0 Å². The third kappa shape index (κ3) is 4.34. The fraction of sp³-hybridized carbons (Fsp3) is 0.545. The molecule has 2 amide bonds. The Balaban J connectivity index is 1.35. The van der Waals surface area contributed by atoms with Gasteiger partial charge in [-0.15, -0.1) is 11.3 Å². The van der Waals surface area contributed by atoms with Crippen molar-refractivity contribution in [1.29, 1.82) is 0 Å². The molecule has 144 valence electrons. The van der Waals surface area contributed by atoms with Crippen LogP contribution in [0.2, 0.25) is 0 Å². The minimum Gasteiger partial charge on any atom is -0.352 e. The van der Waals surface area contributed by atoms with E-state index < -0.39 is 0 Å². The summed E-state index contributed by atoms with van der Waals surface area (Å²) in [5, 5.41) is 6.43. The molecule has 0 unspecified atom stereocenters. The number of hydrogen-bond donors (Lipinski definition) is 1. The monoisotopic (exact) mass is 384 g/mol. The number of nitrogens with one attached hydrogen (secondary N) is 1. The van der Waals surface area contributed by atoms with Gasteiger partial charge in [-0.05, 0) is 53.8 Å². The van der Waals surface area contributed by atoms with Crippen LogP contribution in [-0.4, -0.2) is 29.3 Å². The first-order valence-electron chi connectivity index (χ1n) is 10.2. The van der Waals surface area contributed by atoms with Gasteiger partial charge in [-0.2, -0.15) is 0 Å². The average molecular weight is 385 g/mol. The summed E-state index contributed by atoms with van der Waals surface area (Å²) < 4.78 is 1.27. The van der Waals surface area contributed by atoms with Crippen molar-refractivity contribution >= 4 is 33.2 Å². The van der Waals surface area contributed by atoms with Crippen molar-refractivity contribution in [2.45, 2.75) is 64.0 Å². The maximum Gasteiger partial charge on any atom is 0.225 e. The number of carbonyl (C=O) groups excluding carboxylic acids is 2. The summed E-state index contributed by atoms with van der Waals surface area (Å²) >= 11 is 1.73. The summed E-state index contributed by atoms with van der Waals surface area (Å²) in [7, 11) is 0. The first kappa shape index (κ1) is 18.5. The third-order valence-electron chi connectivity index (χ3n) is 6.06. The minimum absolute atomic E-state index is 0.0733. The fourth-order valence-corrected chi connectivity index (χ4v) is 5.24. The van der Waals surface area contributed by atoms with E-state index in [0.717, 1.165) is 18.4 Å². The highest BCUT2D eigenvalue weighted by atomic mass is 32.1. The summed E-state index contributed by atoms with van der Waals surface area (Å²) in [6, 6.07) is 8.81. The SMILES string of the molecule is O=C(NCc1ccc2sccc2c1)[C@H]1CCC(=O)N(C2CCCCCC2)C1. The lowest BCUT2D eigenvalue weighted by Crippen LogP contribution is -2.49. The quantitative estimate of drug-likeness (QED) is 0.790. The molecule has 1 saturated carbocycles. The Bertz CT molecular complexity index is 808. The van der Waals surface area contributed by atoms with Crippen molar-refractivity contribution in [1.82, 2.24) is 10.2 Å². The number of fused-ring (bicyclic) bond motifs is 1. The summed E-state index contributed by atoms with van der Waals surface area (Å²) in [6.45, 7) is 1.15. The van der Waals surface area contributed by atoms with Gasteiger partial charge in [0.05, 0.1) is 5.92 Å². The lowest BCUT2D eigenvalue weighted by molar-refractivity contribution is -0.141. The Kier molecular flexibility index (Phi) is 5.77. The fourth-order valence-electron chi connectivity index (χ4n) is 4.47. The van der Waals surface area contributed by atoms with Gasteiger partial charge in [0.25, 0.3) is 0 Å². The summed E-state index contributed by atoms with van der Waals surface area (Å²) in [6.07, 6.45) is 8.34. The maximum atomic E-state index is 12.7. The van der Waals surface area contributed by atoms with Gasteiger partial charge in [-0.1, -0.05) is 31.7 Å². The molecule has 1 saturated heterocycles. The third-order valence-corrected chi connectivity index (χ3v) is 6.96. The van der Waals surface area contributed by atoms with Crippen LogP contribution in [0.3, 0.4) is 0 Å². The molecule has 1 atom stereocenters. The maximum absolute atomic E-state index is 12.7. The van der Waals surface area contributed by atoms with Gasteiger partial charge in [0.1, 0.15) is 0 Å². The van der Waals surface area contributed by atoms with Crippen LogP contribution in [-0.2, 0) is 16.1 Å². The molecular formula is C22H28N2O2S. The van der Waals surface area contributed by atoms with E-state index in [0.29, 0.717) is 32.0 Å². The number of nitrogens with zero attached hydrogens (tertiary/aromatic N) is 1. The van der Waals surface area contributed by atoms with E-state index >= 15 is 0 Å². The minimum atomic E-state index is -0.0733. The highest BCUT2D eigenvalue weighted by molar-refractivity contribution is 7.17. The molecule has 2 heterocycles. The normalized spacial score (nSPS) is 22.0. The first-order chi connectivity index (χ1) is 13.2. The molecule has 0 spiro atoms. The molecule has 5 heteroatoms. The number of thiophene rings is 1. The predicted molar refractivity (Wildman–Crippen MR) is 110 cm³/mol. The number of carbonyl (C=O) groups is 2. The molecular weight excluding hydrogens is 356 g/mol. The number of likely N-dealkylation sites (tertiary alicyclic amines) is 1. The molecule has 2 aliphatic rings. The molecule has 0 radical (unpaired) electrons. The summed E-state index contributed by atoms with van der Waals surface area (Å²) in [5.74, 6) is 0.260. The van der Waals surface area contributed by atoms with Gasteiger partial charge in [0.2, 0.25) is 11.8 Å². The van der Waals surface area contributed by atoms with Crippen LogP contribution in [0.1, 0.15) is 56.9 Å². The number of benzene rings is 1. The number of rotatable bonds is 4. The van der Waals surface area contributed by atoms with E-state index in [4.69, 9.17) is 0 Å². The molecule has 1 aromatic heterocycles. The van der Waals surface area contributed by atoms with Crippen molar-refractivity contribution in [2.24, 2.45) is 5.92 Å². The van der Waals surface area contributed by atoms with E-state index in [9.17, 15) is 9.59 Å². The van der Waals surface area contributed by atoms with Crippen LogP contribution in [0.5, 0.6) is 0 Å². The van der Waals surface area contributed by atoms with Crippen LogP contribution >= 0.6 is 11.3 Å². The molecule has 1 N–H and O–H groups in total. The summed E-state index contributed by atoms with van der Waals surface area (Å²) in [4.78, 5) is 27.2. The molecule has 2 fully saturated rings. The Morgan fingerprint density at radius 1 is 1.11 bits per heavy atom. The number of hydrogen-bond acceptors (Lipinski definition) is 3. The van der Waals surface area contributed by atoms with Crippen LogP contribution in [0.4, 0.5) is 0 Å². The number of amides is 2. The Morgan fingerprint density at radius 3 is 2.74 bits per heavy atom. The van der Waals surface area contributed by atoms with Crippen molar-refractivity contribution in [2.75, 3.05) is 6.54 Å². The van der Waals surface area contributed by atoms with Crippen LogP contribution in [0.25, 0.3) is 10.1 Å². The van der Waals surface area contributed by atoms with Gasteiger partial charge in [-0.25, -0.2) is 0 Å². The lowest BCUT2D eigenvalue weighted by Gasteiger charge is -2.37. The topological polar surface area (TPSA) is 49.4 Å². The van der Waals surface area contributed by atoms with Crippen LogP contribution in [0.15, 0.2) is 29.6 Å². The molecule has 27 heavy (non-hydrogen) atoms. The smallest absolute Gasteiger partial charge is 0.225 e. The molecule has 1 aliphatic heterocycles. The predicted octanol–water partition coefficient (Wildman–Crippen LogP) is 4.48. The van der Waals surface area contributed by atoms with Gasteiger partial charge in [0.15, 0.2) is 0 Å². The van der Waals surface area contributed by atoms with Gasteiger partial charge >= 0.3 is 0 Å². The second-order valence-electron chi connectivity index (χ2n) is 7.94. The van der Waals surface area contributed by atoms with Gasteiger partial charge in [0, 0.05) is 30.3 Å². The van der Waals surface area contributed by atoms with Gasteiger partial charge in [-0.3, -0.25) is 9.59 Å². The first-order valence-corrected chi connectivity index (χ1v) is 11.1. The molecule has 1 aromatic carbocycles. The van der Waals surface area contributed by atoms with E-state index in [-0.39, 0.29) is 17.7 Å². The average Bonchev–Trinajstić information content (AvgIpc) is 2.99. The molecule has 1 aliphatic carbocycles. The zero-order valence-electron chi connectivity index (χ0n) is 15.8. The van der Waals surface area contributed by atoms with Crippen molar-refractivity contribution in [3.8, 4) is 0 Å². The zero-order valence-corrected chi connectivity index (χ0v) is 16.6. The Hall–Kier alpha value is -1.88. The Labute approximate surface area is 164 Å². The van der Waals surface area contributed by atoms with E-state index in [2.05, 4.69) is 35.0 Å². The zero-order chi connectivity index (χ0) is 18.6. The highest BCUT2D eigenvalue weighted by Crippen LogP contribution is 2.27. The standard InChI is InChI=1S/C22H28N2O2S/c25-21-10-8-18(15-24(21)19-5-3-1-2-4-6-19)22(26)23-14-16-7-9-20-17(13-16)11-12-27-20/h7,9,11-13,18-19H,1-6,8,10,14-15H2,(H,23,26)/t18-/m0/s1. The van der Waals surface area contributed by atoms with E-state index in [1.807, 2.05) is 4.90 Å². The molecule has 4 rings (SSSR count). The molecule has 0 bridgehead atoms. The Morgan fingerprint density at radius 2 is 1.93 bits per heavy atom. The van der Waals surface area contributed by atoms with Crippen molar-refractivity contribution in [3.05, 3.63) is 35.2 Å². The van der Waals surface area contributed by atoms with Crippen LogP contribution in [0, 0.1) is 5.92 Å². The van der Waals surface area contributed by atoms with Crippen LogP contribution < -0.4 is 5.32 Å². The van der Waals surface area contributed by atoms with E-state index in [1.165, 1.54) is 35.8 Å². The number of piperidine rings is 1. The second kappa shape index (κ2) is 8.42. The van der Waals surface area contributed by atoms with E-state index in [1.54, 1.807) is 11.3 Å². The van der Waals surface area contributed by atoms with Gasteiger partial charge < -0.3 is 10.2 Å². The molecule has 4 nitrogen and oxygen atoms in total. The lowest BCUT2D eigenvalue weighted by atomic mass is 9.93. The molecule has 2 aromatic rings. The summed E-state index contributed by atoms with van der Waals surface area (Å²) in [5.41, 5.74) is 1.13.